The number of allylic oxidation sites excluding steroid dienone is 1. The topological polar surface area (TPSA) is 15.6 Å². The first-order chi connectivity index (χ1) is 4.70. The summed E-state index contributed by atoms with van der Waals surface area (Å²) in [6.45, 7) is 6.02. The summed E-state index contributed by atoms with van der Waals surface area (Å²) in [5, 5.41) is 3.75. The van der Waals surface area contributed by atoms with Crippen LogP contribution in [0.2, 0.25) is 0 Å². The van der Waals surface area contributed by atoms with E-state index in [9.17, 15) is 0 Å². The van der Waals surface area contributed by atoms with Crippen molar-refractivity contribution in [2.24, 2.45) is 5.10 Å². The Bertz CT molecular complexity index is 179. The van der Waals surface area contributed by atoms with Crippen LogP contribution in [-0.2, 0) is 0 Å². The van der Waals surface area contributed by atoms with Gasteiger partial charge in [0.2, 0.25) is 0 Å². The molecule has 54 valence electrons. The fourth-order valence-corrected chi connectivity index (χ4v) is 0.295. The second-order valence-corrected chi connectivity index (χ2v) is 1.96. The number of rotatable bonds is 3. The highest BCUT2D eigenvalue weighted by Gasteiger charge is 1.86. The zero-order valence-electron chi connectivity index (χ0n) is 5.84. The summed E-state index contributed by atoms with van der Waals surface area (Å²) in [6.07, 6.45) is 6.44. The molecule has 0 atom stereocenters. The maximum Gasteiger partial charge on any atom is 0.0635 e. The van der Waals surface area contributed by atoms with Gasteiger partial charge in [-0.3, -0.25) is 0 Å². The van der Waals surface area contributed by atoms with Crippen molar-refractivity contribution < 1.29 is 0 Å². The van der Waals surface area contributed by atoms with Gasteiger partial charge in [0.1, 0.15) is 0 Å². The average molecular weight is 157 g/mol. The molecular formula is C7H9ClN2. The molecule has 0 aliphatic carbocycles. The predicted molar refractivity (Wildman–Crippen MR) is 44.7 cm³/mol. The number of hydrazone groups is 1. The molecule has 0 aromatic heterocycles. The van der Waals surface area contributed by atoms with Gasteiger partial charge in [0, 0.05) is 17.3 Å². The minimum atomic E-state index is 0.513. The van der Waals surface area contributed by atoms with Crippen LogP contribution in [0.25, 0.3) is 0 Å². The first-order valence-corrected chi connectivity index (χ1v) is 3.17. The van der Waals surface area contributed by atoms with E-state index in [1.54, 1.807) is 0 Å². The normalized spacial score (nSPS) is 9.30. The van der Waals surface area contributed by atoms with Gasteiger partial charge in [-0.2, -0.15) is 5.10 Å². The van der Waals surface area contributed by atoms with Gasteiger partial charge in [0.05, 0.1) is 12.8 Å². The fraction of sp³-hybridized carbons (Fsp3) is 0.286. The molecule has 0 N–H and O–H groups in total. The molecule has 3 heteroatoms. The molecule has 0 fully saturated rings. The van der Waals surface area contributed by atoms with E-state index in [-0.39, 0.29) is 0 Å². The molecule has 0 unspecified atom stereocenters. The minimum Gasteiger partial charge on any atom is -0.206 e. The Balaban J connectivity index is 3.78. The van der Waals surface area contributed by atoms with Gasteiger partial charge in [0.25, 0.3) is 0 Å². The van der Waals surface area contributed by atoms with Crippen molar-refractivity contribution in [2.75, 3.05) is 6.54 Å². The molecule has 0 aliphatic rings. The molecule has 0 rings (SSSR count). The molecule has 0 heterocycles. The van der Waals surface area contributed by atoms with E-state index >= 15 is 0 Å². The van der Waals surface area contributed by atoms with Crippen LogP contribution < -0.4 is 0 Å². The Morgan fingerprint density at radius 2 is 2.60 bits per heavy atom. The van der Waals surface area contributed by atoms with Crippen LogP contribution >= 0.6 is 11.8 Å². The van der Waals surface area contributed by atoms with Crippen LogP contribution in [0.3, 0.4) is 0 Å². The quantitative estimate of drug-likeness (QED) is 0.263. The van der Waals surface area contributed by atoms with Crippen LogP contribution in [0.15, 0.2) is 17.3 Å². The minimum absolute atomic E-state index is 0.513. The lowest BCUT2D eigenvalue weighted by Crippen LogP contribution is -2.01. The maximum atomic E-state index is 5.49. The van der Waals surface area contributed by atoms with Crippen LogP contribution in [0.1, 0.15) is 6.92 Å². The van der Waals surface area contributed by atoms with E-state index in [0.717, 1.165) is 0 Å². The Morgan fingerprint density at radius 1 is 2.00 bits per heavy atom. The second kappa shape index (κ2) is 4.89. The number of terminal acetylenes is 1. The van der Waals surface area contributed by atoms with E-state index in [0.29, 0.717) is 12.1 Å². The average Bonchev–Trinajstić information content (AvgIpc) is 1.99. The number of nitrogens with zero attached hydrogens (tertiary/aromatic N) is 2. The number of halogens is 1. The molecule has 0 aromatic rings. The van der Waals surface area contributed by atoms with Crippen molar-refractivity contribution in [2.45, 2.75) is 6.92 Å². The second-order valence-electron chi connectivity index (χ2n) is 1.57. The van der Waals surface area contributed by atoms with Crippen molar-refractivity contribution >= 4 is 18.0 Å². The summed E-state index contributed by atoms with van der Waals surface area (Å²) < 4.78 is 1.25. The van der Waals surface area contributed by atoms with Crippen LogP contribution in [0.5, 0.6) is 0 Å². The van der Waals surface area contributed by atoms with E-state index in [2.05, 4.69) is 17.6 Å². The Morgan fingerprint density at radius 3 is 3.00 bits per heavy atom. The van der Waals surface area contributed by atoms with Gasteiger partial charge in [-0.25, -0.2) is 4.53 Å². The molecule has 0 amide bonds. The summed E-state index contributed by atoms with van der Waals surface area (Å²) in [5.41, 5.74) is 0.513. The van der Waals surface area contributed by atoms with Crippen LogP contribution in [-0.4, -0.2) is 17.3 Å². The van der Waals surface area contributed by atoms with Crippen LogP contribution in [0, 0.1) is 12.3 Å². The SMILES string of the molecule is C#CC(=C)/C=N\N(Cl)CC. The monoisotopic (exact) mass is 156 g/mol. The molecule has 10 heavy (non-hydrogen) atoms. The molecule has 0 spiro atoms. The lowest BCUT2D eigenvalue weighted by Gasteiger charge is -2.02. The third-order valence-corrected chi connectivity index (χ3v) is 1.11. The molecule has 0 aliphatic heterocycles. The standard InChI is InChI=1S/C7H9ClN2/c1-4-7(3)6-9-10(8)5-2/h1,6H,3,5H2,2H3/b9-6-. The largest absolute Gasteiger partial charge is 0.206 e. The summed E-state index contributed by atoms with van der Waals surface area (Å²) in [4.78, 5) is 0. The summed E-state index contributed by atoms with van der Waals surface area (Å²) in [6, 6.07) is 0. The van der Waals surface area contributed by atoms with Crippen molar-refractivity contribution in [3.63, 3.8) is 0 Å². The van der Waals surface area contributed by atoms with Crippen molar-refractivity contribution in [1.29, 1.82) is 0 Å². The van der Waals surface area contributed by atoms with Gasteiger partial charge < -0.3 is 0 Å². The Kier molecular flexibility index (Phi) is 4.43. The fourth-order valence-electron chi connectivity index (χ4n) is 0.251. The highest BCUT2D eigenvalue weighted by molar-refractivity contribution is 6.13. The van der Waals surface area contributed by atoms with Gasteiger partial charge in [-0.05, 0) is 6.92 Å². The third-order valence-electron chi connectivity index (χ3n) is 0.785. The van der Waals surface area contributed by atoms with Crippen LogP contribution in [0.4, 0.5) is 0 Å². The lowest BCUT2D eigenvalue weighted by molar-refractivity contribution is 0.517. The summed E-state index contributed by atoms with van der Waals surface area (Å²) in [5.74, 6) is 2.32. The van der Waals surface area contributed by atoms with Crippen molar-refractivity contribution in [3.8, 4) is 12.3 Å². The Labute approximate surface area is 66.3 Å². The molecule has 0 radical (unpaired) electrons. The highest BCUT2D eigenvalue weighted by atomic mass is 35.5. The Hall–Kier alpha value is -0.940. The molecule has 0 saturated heterocycles. The molecular weight excluding hydrogens is 148 g/mol. The van der Waals surface area contributed by atoms with E-state index in [4.69, 9.17) is 18.2 Å². The van der Waals surface area contributed by atoms with E-state index < -0.39 is 0 Å². The van der Waals surface area contributed by atoms with Gasteiger partial charge in [-0.15, -0.1) is 6.42 Å². The van der Waals surface area contributed by atoms with Gasteiger partial charge in [-0.1, -0.05) is 12.5 Å². The molecule has 2 nitrogen and oxygen atoms in total. The van der Waals surface area contributed by atoms with E-state index in [1.165, 1.54) is 10.7 Å². The van der Waals surface area contributed by atoms with Gasteiger partial charge in [0.15, 0.2) is 0 Å². The summed E-state index contributed by atoms with van der Waals surface area (Å²) in [7, 11) is 0. The highest BCUT2D eigenvalue weighted by Crippen LogP contribution is 1.92. The first kappa shape index (κ1) is 9.06. The van der Waals surface area contributed by atoms with E-state index in [1.807, 2.05) is 6.92 Å². The third kappa shape index (κ3) is 3.99. The maximum absolute atomic E-state index is 5.49. The zero-order chi connectivity index (χ0) is 7.98. The lowest BCUT2D eigenvalue weighted by atomic mass is 10.4. The molecule has 0 aromatic carbocycles. The van der Waals surface area contributed by atoms with Crippen molar-refractivity contribution in [3.05, 3.63) is 12.2 Å². The smallest absolute Gasteiger partial charge is 0.0635 e. The van der Waals surface area contributed by atoms with Crippen molar-refractivity contribution in [1.82, 2.24) is 4.53 Å². The zero-order valence-corrected chi connectivity index (χ0v) is 6.60. The first-order valence-electron chi connectivity index (χ1n) is 2.83. The molecule has 0 bridgehead atoms. The predicted octanol–water partition coefficient (Wildman–Crippen LogP) is 1.64. The number of hydrogen-bond donors (Lipinski definition) is 0. The summed E-state index contributed by atoms with van der Waals surface area (Å²) >= 11 is 5.49. The number of hydrogen-bond acceptors (Lipinski definition) is 2. The van der Waals surface area contributed by atoms with Gasteiger partial charge >= 0.3 is 0 Å². The molecule has 0 saturated carbocycles.